The second-order valence-corrected chi connectivity index (χ2v) is 8.04. The van der Waals surface area contributed by atoms with Crippen molar-refractivity contribution < 1.29 is 19.5 Å². The molecular weight excluding hydrogens is 366 g/mol. The van der Waals surface area contributed by atoms with Crippen molar-refractivity contribution in [3.05, 3.63) is 70.3 Å². The molecule has 2 aromatic rings. The van der Waals surface area contributed by atoms with E-state index in [1.807, 2.05) is 6.07 Å². The molecule has 1 N–H and O–H groups in total. The van der Waals surface area contributed by atoms with Gasteiger partial charge < -0.3 is 10.0 Å². The molecule has 4 rings (SSSR count). The lowest BCUT2D eigenvalue weighted by atomic mass is 9.84. The Hall–Kier alpha value is -2.95. The van der Waals surface area contributed by atoms with Crippen molar-refractivity contribution in [1.82, 2.24) is 4.90 Å². The molecule has 5 heteroatoms. The number of carbonyl (C=O) groups is 3. The van der Waals surface area contributed by atoms with E-state index in [-0.39, 0.29) is 23.2 Å². The van der Waals surface area contributed by atoms with Crippen LogP contribution in [0.1, 0.15) is 74.3 Å². The number of hydrogen-bond donors (Lipinski definition) is 1. The molecule has 2 aromatic carbocycles. The van der Waals surface area contributed by atoms with Gasteiger partial charge in [-0.3, -0.25) is 9.59 Å². The highest BCUT2D eigenvalue weighted by atomic mass is 16.4. The second-order valence-electron chi connectivity index (χ2n) is 8.04. The minimum atomic E-state index is -0.963. The highest BCUT2D eigenvalue weighted by molar-refractivity contribution is 6.00. The van der Waals surface area contributed by atoms with Gasteiger partial charge in [0.25, 0.3) is 5.91 Å². The summed E-state index contributed by atoms with van der Waals surface area (Å²) in [5.41, 5.74) is 3.45. The number of Topliss-reactive ketones (excluding diaryl/α,β-unsaturated/α-hetero) is 1. The van der Waals surface area contributed by atoms with Crippen molar-refractivity contribution in [3.8, 4) is 0 Å². The summed E-state index contributed by atoms with van der Waals surface area (Å²) in [4.78, 5) is 38.6. The van der Waals surface area contributed by atoms with Crippen molar-refractivity contribution >= 4 is 17.7 Å². The Morgan fingerprint density at radius 3 is 2.17 bits per heavy atom. The van der Waals surface area contributed by atoms with Crippen molar-refractivity contribution in [1.29, 1.82) is 0 Å². The fourth-order valence-corrected chi connectivity index (χ4v) is 4.42. The molecule has 0 bridgehead atoms. The molecule has 0 spiro atoms. The molecule has 150 valence electrons. The van der Waals surface area contributed by atoms with E-state index in [1.54, 1.807) is 41.3 Å². The van der Waals surface area contributed by atoms with E-state index in [4.69, 9.17) is 0 Å². The highest BCUT2D eigenvalue weighted by Crippen LogP contribution is 2.27. The fraction of sp³-hybridized carbons (Fsp3) is 0.375. The molecule has 5 nitrogen and oxygen atoms in total. The van der Waals surface area contributed by atoms with Gasteiger partial charge >= 0.3 is 5.97 Å². The van der Waals surface area contributed by atoms with Crippen molar-refractivity contribution in [3.63, 3.8) is 0 Å². The number of rotatable bonds is 4. The Labute approximate surface area is 170 Å². The van der Waals surface area contributed by atoms with E-state index < -0.39 is 5.97 Å². The van der Waals surface area contributed by atoms with Crippen LogP contribution in [0.5, 0.6) is 0 Å². The summed E-state index contributed by atoms with van der Waals surface area (Å²) in [7, 11) is 0. The molecule has 0 saturated heterocycles. The second kappa shape index (κ2) is 8.19. The maximum absolute atomic E-state index is 12.9. The first-order valence-corrected chi connectivity index (χ1v) is 10.3. The van der Waals surface area contributed by atoms with Gasteiger partial charge in [0.05, 0.1) is 5.56 Å². The third-order valence-corrected chi connectivity index (χ3v) is 6.15. The number of hydrogen-bond acceptors (Lipinski definition) is 3. The Balaban J connectivity index is 1.46. The number of amides is 1. The molecule has 0 radical (unpaired) electrons. The van der Waals surface area contributed by atoms with Crippen molar-refractivity contribution in [2.45, 2.75) is 45.1 Å². The summed E-state index contributed by atoms with van der Waals surface area (Å²) >= 11 is 0. The maximum Gasteiger partial charge on any atom is 0.335 e. The van der Waals surface area contributed by atoms with Crippen LogP contribution >= 0.6 is 0 Å². The topological polar surface area (TPSA) is 74.7 Å². The number of fused-ring (bicyclic) bond motifs is 1. The SMILES string of the molecule is O=C(O)c1ccc2c(c1)CN(C(=O)c1ccc(C(=O)C3CCCCC3)cc1)CC2. The molecule has 1 aliphatic heterocycles. The van der Waals surface area contributed by atoms with E-state index in [0.29, 0.717) is 30.6 Å². The third kappa shape index (κ3) is 4.09. The number of ketones is 1. The zero-order chi connectivity index (χ0) is 20.4. The zero-order valence-corrected chi connectivity index (χ0v) is 16.4. The van der Waals surface area contributed by atoms with Gasteiger partial charge in [-0.25, -0.2) is 4.79 Å². The van der Waals surface area contributed by atoms with E-state index in [0.717, 1.165) is 36.8 Å². The molecule has 2 aliphatic rings. The predicted octanol–water partition coefficient (Wildman–Crippen LogP) is 4.35. The molecule has 1 saturated carbocycles. The first kappa shape index (κ1) is 19.4. The standard InChI is InChI=1S/C24H25NO4/c26-22(17-4-2-1-3-5-17)18-7-9-19(10-8-18)23(27)25-13-12-16-6-11-20(24(28)29)14-21(16)15-25/h6-11,14,17H,1-5,12-13,15H2,(H,28,29). The number of nitrogens with zero attached hydrogens (tertiary/aromatic N) is 1. The van der Waals surface area contributed by atoms with E-state index >= 15 is 0 Å². The molecule has 29 heavy (non-hydrogen) atoms. The minimum Gasteiger partial charge on any atom is -0.478 e. The molecule has 1 heterocycles. The summed E-state index contributed by atoms with van der Waals surface area (Å²) in [5.74, 6) is -0.744. The molecular formula is C24H25NO4. The lowest BCUT2D eigenvalue weighted by Gasteiger charge is -2.29. The third-order valence-electron chi connectivity index (χ3n) is 6.15. The van der Waals surface area contributed by atoms with Gasteiger partial charge in [0.15, 0.2) is 5.78 Å². The van der Waals surface area contributed by atoms with Crippen LogP contribution in [0.15, 0.2) is 42.5 Å². The summed E-state index contributed by atoms with van der Waals surface area (Å²) in [6.45, 7) is 0.999. The Kier molecular flexibility index (Phi) is 5.47. The van der Waals surface area contributed by atoms with Crippen LogP contribution in [0.4, 0.5) is 0 Å². The number of benzene rings is 2. The van der Waals surface area contributed by atoms with Gasteiger partial charge in [-0.2, -0.15) is 0 Å². The van der Waals surface area contributed by atoms with Crippen LogP contribution in [-0.2, 0) is 13.0 Å². The van der Waals surface area contributed by atoms with Gasteiger partial charge in [-0.05, 0) is 54.7 Å². The Bertz CT molecular complexity index is 942. The zero-order valence-electron chi connectivity index (χ0n) is 16.4. The van der Waals surface area contributed by atoms with Crippen LogP contribution < -0.4 is 0 Å². The summed E-state index contributed by atoms with van der Waals surface area (Å²) in [5, 5.41) is 9.20. The van der Waals surface area contributed by atoms with Crippen LogP contribution in [-0.4, -0.2) is 34.2 Å². The van der Waals surface area contributed by atoms with E-state index in [1.165, 1.54) is 6.42 Å². The predicted molar refractivity (Wildman–Crippen MR) is 109 cm³/mol. The van der Waals surface area contributed by atoms with Crippen LogP contribution in [0.3, 0.4) is 0 Å². The lowest BCUT2D eigenvalue weighted by Crippen LogP contribution is -2.36. The van der Waals surface area contributed by atoms with Crippen LogP contribution in [0.2, 0.25) is 0 Å². The normalized spacial score (nSPS) is 16.9. The lowest BCUT2D eigenvalue weighted by molar-refractivity contribution is 0.0696. The molecule has 1 amide bonds. The molecule has 1 aliphatic carbocycles. The quantitative estimate of drug-likeness (QED) is 0.787. The number of carbonyl (C=O) groups excluding carboxylic acids is 2. The van der Waals surface area contributed by atoms with E-state index in [2.05, 4.69) is 0 Å². The average Bonchev–Trinajstić information content (AvgIpc) is 2.78. The molecule has 0 aromatic heterocycles. The highest BCUT2D eigenvalue weighted by Gasteiger charge is 2.25. The molecule has 0 unspecified atom stereocenters. The number of carboxylic acid groups (broad SMARTS) is 1. The first-order chi connectivity index (χ1) is 14.0. The Morgan fingerprint density at radius 2 is 1.48 bits per heavy atom. The van der Waals surface area contributed by atoms with Gasteiger partial charge in [0.2, 0.25) is 0 Å². The van der Waals surface area contributed by atoms with Gasteiger partial charge in [0.1, 0.15) is 0 Å². The number of carboxylic acids is 1. The maximum atomic E-state index is 12.9. The summed E-state index contributed by atoms with van der Waals surface area (Å²) < 4.78 is 0. The average molecular weight is 391 g/mol. The largest absolute Gasteiger partial charge is 0.478 e. The Morgan fingerprint density at radius 1 is 0.828 bits per heavy atom. The van der Waals surface area contributed by atoms with Crippen LogP contribution in [0, 0.1) is 5.92 Å². The number of aromatic carboxylic acids is 1. The van der Waals surface area contributed by atoms with Gasteiger partial charge in [-0.1, -0.05) is 37.5 Å². The fourth-order valence-electron chi connectivity index (χ4n) is 4.42. The van der Waals surface area contributed by atoms with Gasteiger partial charge in [0, 0.05) is 30.1 Å². The first-order valence-electron chi connectivity index (χ1n) is 10.3. The monoisotopic (exact) mass is 391 g/mol. The van der Waals surface area contributed by atoms with Crippen LogP contribution in [0.25, 0.3) is 0 Å². The molecule has 1 fully saturated rings. The summed E-state index contributed by atoms with van der Waals surface area (Å²) in [6, 6.07) is 12.1. The van der Waals surface area contributed by atoms with Gasteiger partial charge in [-0.15, -0.1) is 0 Å². The summed E-state index contributed by atoms with van der Waals surface area (Å²) in [6.07, 6.45) is 6.08. The molecule has 0 atom stereocenters. The minimum absolute atomic E-state index is 0.0898. The van der Waals surface area contributed by atoms with Crippen molar-refractivity contribution in [2.24, 2.45) is 5.92 Å². The smallest absolute Gasteiger partial charge is 0.335 e. The van der Waals surface area contributed by atoms with Crippen molar-refractivity contribution in [2.75, 3.05) is 6.54 Å². The van der Waals surface area contributed by atoms with E-state index in [9.17, 15) is 19.5 Å².